The lowest BCUT2D eigenvalue weighted by Gasteiger charge is -2.64. The Hall–Kier alpha value is -2.78. The Kier molecular flexibility index (Phi) is 9.53. The molecule has 5 rings (SSSR count). The molecule has 3 saturated carbocycles. The molecule has 1 aliphatic heterocycles. The summed E-state index contributed by atoms with van der Waals surface area (Å²) in [6.07, 6.45) is 3.29. The number of thiazole rings is 1. The molecule has 13 nitrogen and oxygen atoms in total. The highest BCUT2D eigenvalue weighted by Crippen LogP contribution is 2.65. The maximum atomic E-state index is 13.8. The number of carbonyl (C=O) groups is 2. The fraction of sp³-hybridized carbons (Fsp3) is 0.778. The van der Waals surface area contributed by atoms with Crippen molar-refractivity contribution in [2.45, 2.75) is 104 Å². The maximum Gasteiger partial charge on any atom is 0.481 e. The molecule has 4 aliphatic rings. The minimum atomic E-state index is -0.889. The lowest BCUT2D eigenvalue weighted by molar-refractivity contribution is -0.525. The number of rotatable bonds is 12. The molecule has 0 unspecified atom stereocenters. The first-order valence-electron chi connectivity index (χ1n) is 14.7. The standard InChI is InChI=1S/C27H44BN7O6S/c1-14(2)11-21(28-40-20-13-17-12-19(26(17,5)6)27(20,7)41-28)33-23(36)18(9-8-10-30-25(29)34-35(38)39)32-24(37)22-15(3)31-16(4)42-22/h14,17-21H,8-13H2,1-7H3,(H,32,37)(H,33,36)(H3,29,30,34)/t17-,18-,19-,20+,21-,27-/m0/s1. The number of nitrogens with zero attached hydrogens (tertiary/aromatic N) is 2. The van der Waals surface area contributed by atoms with Crippen LogP contribution in [0.15, 0.2) is 0 Å². The minimum absolute atomic E-state index is 0.0203. The zero-order chi connectivity index (χ0) is 31.0. The number of guanidine groups is 1. The first-order valence-corrected chi connectivity index (χ1v) is 15.6. The quantitative estimate of drug-likeness (QED) is 0.0598. The number of hydrogen-bond acceptors (Lipinski definition) is 9. The third-order valence-electron chi connectivity index (χ3n) is 9.26. The Morgan fingerprint density at radius 3 is 2.55 bits per heavy atom. The number of aromatic nitrogens is 1. The van der Waals surface area contributed by atoms with E-state index in [9.17, 15) is 19.7 Å². The van der Waals surface area contributed by atoms with Gasteiger partial charge in [0.25, 0.3) is 11.9 Å². The normalized spacial score (nSPS) is 27.0. The molecule has 42 heavy (non-hydrogen) atoms. The zero-order valence-corrected chi connectivity index (χ0v) is 26.4. The molecule has 1 aromatic rings. The summed E-state index contributed by atoms with van der Waals surface area (Å²) in [5.41, 5.74) is 2.12. The van der Waals surface area contributed by atoms with E-state index in [0.717, 1.165) is 17.8 Å². The van der Waals surface area contributed by atoms with Crippen molar-refractivity contribution in [1.29, 1.82) is 5.41 Å². The van der Waals surface area contributed by atoms with Crippen LogP contribution in [0.25, 0.3) is 0 Å². The fourth-order valence-corrected chi connectivity index (χ4v) is 7.81. The summed E-state index contributed by atoms with van der Waals surface area (Å²) in [7, 11) is -0.598. The lowest BCUT2D eigenvalue weighted by atomic mass is 9.43. The average molecular weight is 606 g/mol. The average Bonchev–Trinajstić information content (AvgIpc) is 3.42. The van der Waals surface area contributed by atoms with Gasteiger partial charge in [0.05, 0.1) is 28.3 Å². The van der Waals surface area contributed by atoms with E-state index in [2.05, 4.69) is 55.6 Å². The van der Waals surface area contributed by atoms with Crippen molar-refractivity contribution in [2.24, 2.45) is 23.2 Å². The lowest BCUT2D eigenvalue weighted by Crippen LogP contribution is -2.65. The molecule has 6 atom stereocenters. The summed E-state index contributed by atoms with van der Waals surface area (Å²) < 4.78 is 13.2. The van der Waals surface area contributed by atoms with Gasteiger partial charge in [0.2, 0.25) is 5.91 Å². The van der Waals surface area contributed by atoms with E-state index in [0.29, 0.717) is 35.2 Å². The topological polar surface area (TPSA) is 181 Å². The van der Waals surface area contributed by atoms with Crippen molar-refractivity contribution < 1.29 is 23.9 Å². The monoisotopic (exact) mass is 605 g/mol. The Bertz CT molecular complexity index is 1210. The third-order valence-corrected chi connectivity index (χ3v) is 10.3. The molecule has 2 amide bonds. The van der Waals surface area contributed by atoms with Gasteiger partial charge in [-0.2, -0.15) is 0 Å². The minimum Gasteiger partial charge on any atom is -0.404 e. The van der Waals surface area contributed by atoms with Crippen molar-refractivity contribution in [1.82, 2.24) is 26.4 Å². The van der Waals surface area contributed by atoms with Crippen LogP contribution in [0.5, 0.6) is 0 Å². The van der Waals surface area contributed by atoms with E-state index < -0.39 is 35.7 Å². The second-order valence-electron chi connectivity index (χ2n) is 13.1. The molecule has 15 heteroatoms. The highest BCUT2D eigenvalue weighted by atomic mass is 32.1. The molecule has 4 fully saturated rings. The van der Waals surface area contributed by atoms with E-state index in [-0.39, 0.29) is 42.2 Å². The van der Waals surface area contributed by atoms with E-state index >= 15 is 0 Å². The van der Waals surface area contributed by atoms with Gasteiger partial charge in [0.15, 0.2) is 5.03 Å². The van der Waals surface area contributed by atoms with Crippen LogP contribution in [0.3, 0.4) is 0 Å². The van der Waals surface area contributed by atoms with Crippen molar-refractivity contribution >= 4 is 36.2 Å². The van der Waals surface area contributed by atoms with E-state index in [1.165, 1.54) is 11.3 Å². The summed E-state index contributed by atoms with van der Waals surface area (Å²) in [5.74, 6) is -0.361. The smallest absolute Gasteiger partial charge is 0.404 e. The molecule has 5 N–H and O–H groups in total. The van der Waals surface area contributed by atoms with Crippen LogP contribution in [0.4, 0.5) is 0 Å². The number of nitro groups is 1. The third kappa shape index (κ3) is 6.73. The van der Waals surface area contributed by atoms with Crippen LogP contribution >= 0.6 is 11.3 Å². The van der Waals surface area contributed by atoms with Gasteiger partial charge in [-0.15, -0.1) is 11.3 Å². The number of nitrogens with one attached hydrogen (secondary N) is 5. The number of hydrogen-bond donors (Lipinski definition) is 5. The molecule has 2 bridgehead atoms. The van der Waals surface area contributed by atoms with Crippen LogP contribution in [-0.4, -0.2) is 65.1 Å². The van der Waals surface area contributed by atoms with Crippen molar-refractivity contribution in [3.63, 3.8) is 0 Å². The summed E-state index contributed by atoms with van der Waals surface area (Å²) in [5, 5.41) is 26.7. The van der Waals surface area contributed by atoms with Crippen molar-refractivity contribution in [2.75, 3.05) is 6.54 Å². The molecule has 0 aromatic carbocycles. The summed E-state index contributed by atoms with van der Waals surface area (Å²) in [6, 6.07) is -0.889. The number of hydrazine groups is 1. The Morgan fingerprint density at radius 1 is 1.24 bits per heavy atom. The Balaban J connectivity index is 1.46. The first kappa shape index (κ1) is 32.1. The van der Waals surface area contributed by atoms with Crippen molar-refractivity contribution in [3.8, 4) is 0 Å². The summed E-state index contributed by atoms with van der Waals surface area (Å²) in [6.45, 7) is 14.7. The summed E-state index contributed by atoms with van der Waals surface area (Å²) >= 11 is 1.26. The van der Waals surface area contributed by atoms with E-state index in [1.54, 1.807) is 12.3 Å². The van der Waals surface area contributed by atoms with Crippen LogP contribution in [0.1, 0.15) is 87.1 Å². The molecule has 3 aliphatic carbocycles. The maximum absolute atomic E-state index is 13.8. The van der Waals surface area contributed by atoms with Crippen LogP contribution in [-0.2, 0) is 14.1 Å². The number of aryl methyl sites for hydroxylation is 2. The van der Waals surface area contributed by atoms with Gasteiger partial charge in [-0.3, -0.25) is 15.0 Å². The zero-order valence-electron chi connectivity index (χ0n) is 25.5. The molecule has 2 heterocycles. The molecular formula is C27H44BN7O6S. The van der Waals surface area contributed by atoms with Crippen LogP contribution in [0.2, 0.25) is 0 Å². The highest BCUT2D eigenvalue weighted by molar-refractivity contribution is 7.13. The predicted octanol–water partition coefficient (Wildman–Crippen LogP) is 2.74. The molecule has 1 aromatic heterocycles. The predicted molar refractivity (Wildman–Crippen MR) is 159 cm³/mol. The van der Waals surface area contributed by atoms with Crippen LogP contribution in [0, 0.1) is 52.5 Å². The molecule has 0 radical (unpaired) electrons. The fourth-order valence-electron chi connectivity index (χ4n) is 6.99. The highest BCUT2D eigenvalue weighted by Gasteiger charge is 2.68. The van der Waals surface area contributed by atoms with Gasteiger partial charge in [-0.1, -0.05) is 33.1 Å². The second kappa shape index (κ2) is 12.5. The number of carbonyl (C=O) groups excluding carboxylic acids is 2. The van der Waals surface area contributed by atoms with Gasteiger partial charge in [-0.05, 0) is 76.0 Å². The molecule has 1 saturated heterocycles. The number of amides is 2. The van der Waals surface area contributed by atoms with Gasteiger partial charge in [-0.25, -0.2) is 15.1 Å². The SMILES string of the molecule is Cc1nc(C)c(C(=O)N[C@@H](CCCNC(=N)N[N+](=O)[O-])C(=O)N[C@@H](CC(C)C)B2O[C@@H]3C[C@@H]4C[C@@H](C4(C)C)[C@]3(C)O2)s1. The van der Waals surface area contributed by atoms with Gasteiger partial charge >= 0.3 is 7.12 Å². The van der Waals surface area contributed by atoms with E-state index in [1.807, 2.05) is 6.92 Å². The Labute approximate surface area is 251 Å². The van der Waals surface area contributed by atoms with Gasteiger partial charge in [0.1, 0.15) is 10.9 Å². The molecule has 0 spiro atoms. The van der Waals surface area contributed by atoms with Crippen LogP contribution < -0.4 is 21.4 Å². The second-order valence-corrected chi connectivity index (χ2v) is 14.3. The van der Waals surface area contributed by atoms with E-state index in [4.69, 9.17) is 14.7 Å². The Morgan fingerprint density at radius 2 is 1.95 bits per heavy atom. The largest absolute Gasteiger partial charge is 0.481 e. The summed E-state index contributed by atoms with van der Waals surface area (Å²) in [4.78, 5) is 42.3. The first-order chi connectivity index (χ1) is 19.6. The van der Waals surface area contributed by atoms with Crippen molar-refractivity contribution in [3.05, 3.63) is 25.7 Å². The molecular weight excluding hydrogens is 561 g/mol. The van der Waals surface area contributed by atoms with Gasteiger partial charge in [0, 0.05) is 6.54 Å². The van der Waals surface area contributed by atoms with Gasteiger partial charge < -0.3 is 25.3 Å². The molecule has 232 valence electrons.